The molecule has 0 radical (unpaired) electrons. The molecule has 0 amide bonds. The Kier molecular flexibility index (Phi) is 5.01. The van der Waals surface area contributed by atoms with Crippen molar-refractivity contribution in [1.82, 2.24) is 0 Å². The molecule has 0 bridgehead atoms. The molecule has 5 heteroatoms. The fourth-order valence-electron chi connectivity index (χ4n) is 4.79. The quantitative estimate of drug-likeness (QED) is 0.507. The summed E-state index contributed by atoms with van der Waals surface area (Å²) in [7, 11) is 0. The van der Waals surface area contributed by atoms with Crippen molar-refractivity contribution in [1.29, 1.82) is 0 Å². The molecule has 5 nitrogen and oxygen atoms in total. The number of aliphatic carboxylic acids is 2. The van der Waals surface area contributed by atoms with Crippen LogP contribution in [0, 0.1) is 5.92 Å². The van der Waals surface area contributed by atoms with Crippen LogP contribution in [-0.2, 0) is 15.1 Å². The van der Waals surface area contributed by atoms with Gasteiger partial charge in [-0.2, -0.15) is 0 Å². The normalized spacial score (nSPS) is 19.2. The molecule has 1 aliphatic rings. The minimum atomic E-state index is -0.982. The molecule has 2 unspecified atom stereocenters. The second-order valence-corrected chi connectivity index (χ2v) is 8.05. The Hall–Kier alpha value is -2.92. The van der Waals surface area contributed by atoms with Crippen LogP contribution in [0.5, 0.6) is 0 Å². The zero-order valence-electron chi connectivity index (χ0n) is 16.2. The third kappa shape index (κ3) is 3.36. The molecule has 3 aromatic carbocycles. The van der Waals surface area contributed by atoms with E-state index in [1.54, 1.807) is 0 Å². The summed E-state index contributed by atoms with van der Waals surface area (Å²) >= 11 is 0. The first-order chi connectivity index (χ1) is 13.9. The summed E-state index contributed by atoms with van der Waals surface area (Å²) in [5, 5.41) is 24.3. The van der Waals surface area contributed by atoms with Gasteiger partial charge in [0.15, 0.2) is 0 Å². The number of hydrogen-bond donors (Lipinski definition) is 3. The van der Waals surface area contributed by atoms with Gasteiger partial charge in [-0.05, 0) is 51.6 Å². The fourth-order valence-corrected chi connectivity index (χ4v) is 4.79. The van der Waals surface area contributed by atoms with Crippen molar-refractivity contribution < 1.29 is 19.8 Å². The van der Waals surface area contributed by atoms with E-state index in [2.05, 4.69) is 30.3 Å². The zero-order valence-corrected chi connectivity index (χ0v) is 16.2. The van der Waals surface area contributed by atoms with Gasteiger partial charge in [0.2, 0.25) is 0 Å². The summed E-state index contributed by atoms with van der Waals surface area (Å²) in [6.45, 7) is 0. The Bertz CT molecular complexity index is 1140. The molecule has 0 saturated heterocycles. The van der Waals surface area contributed by atoms with Crippen LogP contribution in [0.25, 0.3) is 27.6 Å². The lowest BCUT2D eigenvalue weighted by atomic mass is 9.70. The van der Waals surface area contributed by atoms with Gasteiger partial charge in [-0.25, -0.2) is 0 Å². The maximum absolute atomic E-state index is 12.2. The van der Waals surface area contributed by atoms with Crippen LogP contribution in [0.2, 0.25) is 0 Å². The number of unbranched alkanes of at least 4 members (excludes halogenated alkanes) is 2. The first-order valence-electron chi connectivity index (χ1n) is 10.1. The van der Waals surface area contributed by atoms with Crippen LogP contribution in [-0.4, -0.2) is 22.2 Å². The maximum Gasteiger partial charge on any atom is 0.308 e. The molecule has 29 heavy (non-hydrogen) atoms. The average molecular weight is 391 g/mol. The molecular formula is C24H25NO4. The van der Waals surface area contributed by atoms with Crippen LogP contribution in [0.4, 0.5) is 0 Å². The molecule has 0 aliphatic heterocycles. The van der Waals surface area contributed by atoms with Gasteiger partial charge in [0.25, 0.3) is 0 Å². The molecule has 0 spiro atoms. The Morgan fingerprint density at radius 2 is 1.69 bits per heavy atom. The summed E-state index contributed by atoms with van der Waals surface area (Å²) in [5.41, 5.74) is 6.78. The summed E-state index contributed by atoms with van der Waals surface area (Å²) in [5.74, 6) is -2.44. The molecule has 0 aromatic heterocycles. The van der Waals surface area contributed by atoms with E-state index < -0.39 is 23.4 Å². The predicted octanol–water partition coefficient (Wildman–Crippen LogP) is 3.79. The van der Waals surface area contributed by atoms with Crippen molar-refractivity contribution in [2.24, 2.45) is 11.7 Å². The second kappa shape index (κ2) is 7.48. The van der Waals surface area contributed by atoms with Gasteiger partial charge < -0.3 is 15.9 Å². The van der Waals surface area contributed by atoms with Gasteiger partial charge in [0, 0.05) is 6.42 Å². The van der Waals surface area contributed by atoms with Gasteiger partial charge in [0.05, 0.1) is 11.5 Å². The third-order valence-electron chi connectivity index (χ3n) is 6.27. The molecule has 1 aliphatic carbocycles. The van der Waals surface area contributed by atoms with Gasteiger partial charge in [-0.1, -0.05) is 61.4 Å². The Morgan fingerprint density at radius 3 is 2.38 bits per heavy atom. The molecule has 0 heterocycles. The lowest BCUT2D eigenvalue weighted by Crippen LogP contribution is -2.49. The van der Waals surface area contributed by atoms with E-state index in [1.807, 2.05) is 18.2 Å². The summed E-state index contributed by atoms with van der Waals surface area (Å²) in [6, 6.07) is 14.4. The van der Waals surface area contributed by atoms with Gasteiger partial charge >= 0.3 is 11.9 Å². The van der Waals surface area contributed by atoms with Gasteiger partial charge in [-0.3, -0.25) is 9.59 Å². The summed E-state index contributed by atoms with van der Waals surface area (Å²) in [6.07, 6.45) is 4.97. The van der Waals surface area contributed by atoms with Crippen molar-refractivity contribution in [3.63, 3.8) is 0 Å². The highest BCUT2D eigenvalue weighted by molar-refractivity contribution is 6.12. The van der Waals surface area contributed by atoms with Crippen LogP contribution in [0.3, 0.4) is 0 Å². The van der Waals surface area contributed by atoms with E-state index in [0.717, 1.165) is 32.3 Å². The lowest BCUT2D eigenvalue weighted by molar-refractivity contribution is -0.145. The summed E-state index contributed by atoms with van der Waals surface area (Å²) < 4.78 is 0. The minimum Gasteiger partial charge on any atom is -0.481 e. The second-order valence-electron chi connectivity index (χ2n) is 8.05. The Morgan fingerprint density at radius 1 is 0.966 bits per heavy atom. The molecule has 4 rings (SSSR count). The van der Waals surface area contributed by atoms with E-state index in [-0.39, 0.29) is 6.42 Å². The molecule has 4 N–H and O–H groups in total. The zero-order chi connectivity index (χ0) is 20.6. The number of benzene rings is 3. The molecule has 0 saturated carbocycles. The first-order valence-corrected chi connectivity index (χ1v) is 10.1. The lowest BCUT2D eigenvalue weighted by Gasteiger charge is -2.38. The van der Waals surface area contributed by atoms with Gasteiger partial charge in [-0.15, -0.1) is 0 Å². The van der Waals surface area contributed by atoms with Crippen LogP contribution in [0.1, 0.15) is 44.1 Å². The highest BCUT2D eigenvalue weighted by atomic mass is 16.4. The van der Waals surface area contributed by atoms with Crippen LogP contribution >= 0.6 is 0 Å². The predicted molar refractivity (Wildman–Crippen MR) is 113 cm³/mol. The Labute approximate surface area is 168 Å². The number of carbonyl (C=O) groups is 2. The van der Waals surface area contributed by atoms with Gasteiger partial charge in [0.1, 0.15) is 0 Å². The fraction of sp³-hybridized carbons (Fsp3) is 0.333. The monoisotopic (exact) mass is 391 g/mol. The molecule has 150 valence electrons. The topological polar surface area (TPSA) is 101 Å². The van der Waals surface area contributed by atoms with E-state index in [0.29, 0.717) is 32.1 Å². The minimum absolute atomic E-state index is 0.113. The van der Waals surface area contributed by atoms with E-state index >= 15 is 0 Å². The number of nitrogens with two attached hydrogens (primary N) is 1. The van der Waals surface area contributed by atoms with Crippen molar-refractivity contribution in [2.75, 3.05) is 0 Å². The SMILES string of the molecule is NC1(C(CCCCCC(=O)O)C(=O)O)CC=c2ccc3cccc4ccc1c2c43. The summed E-state index contributed by atoms with van der Waals surface area (Å²) in [4.78, 5) is 22.9. The largest absolute Gasteiger partial charge is 0.481 e. The van der Waals surface area contributed by atoms with Crippen molar-refractivity contribution in [3.05, 3.63) is 53.2 Å². The first kappa shape index (κ1) is 19.4. The smallest absolute Gasteiger partial charge is 0.308 e. The number of carboxylic acids is 2. The van der Waals surface area contributed by atoms with E-state index in [4.69, 9.17) is 10.8 Å². The Balaban J connectivity index is 1.72. The molecule has 3 aromatic rings. The number of hydrogen-bond acceptors (Lipinski definition) is 3. The van der Waals surface area contributed by atoms with E-state index in [1.165, 1.54) is 0 Å². The van der Waals surface area contributed by atoms with Crippen molar-refractivity contribution >= 4 is 39.6 Å². The third-order valence-corrected chi connectivity index (χ3v) is 6.27. The number of rotatable bonds is 8. The molecule has 0 fully saturated rings. The molecular weight excluding hydrogens is 366 g/mol. The highest BCUT2D eigenvalue weighted by Gasteiger charge is 2.42. The maximum atomic E-state index is 12.2. The van der Waals surface area contributed by atoms with Crippen LogP contribution in [0.15, 0.2) is 42.5 Å². The van der Waals surface area contributed by atoms with Crippen molar-refractivity contribution in [3.8, 4) is 0 Å². The number of carboxylic acid groups (broad SMARTS) is 2. The standard InChI is InChI=1S/C24H25NO4/c25-24(19(23(28)29)7-2-1-3-8-20(26)27)14-13-17-10-9-15-5-4-6-16-11-12-18(24)22(17)21(15)16/h4-6,9-13,19H,1-3,7-8,14,25H2,(H,26,27)(H,28,29). The average Bonchev–Trinajstić information content (AvgIpc) is 2.69. The van der Waals surface area contributed by atoms with Crippen LogP contribution < -0.4 is 11.0 Å². The molecule has 2 atom stereocenters. The van der Waals surface area contributed by atoms with Crippen molar-refractivity contribution in [2.45, 2.75) is 44.1 Å². The highest BCUT2D eigenvalue weighted by Crippen LogP contribution is 2.41. The van der Waals surface area contributed by atoms with E-state index in [9.17, 15) is 14.7 Å².